The molecule has 0 spiro atoms. The number of benzene rings is 1. The molecule has 3 nitrogen and oxygen atoms in total. The van der Waals surface area contributed by atoms with Gasteiger partial charge in [-0.1, -0.05) is 19.9 Å². The van der Waals surface area contributed by atoms with E-state index in [9.17, 15) is 0 Å². The summed E-state index contributed by atoms with van der Waals surface area (Å²) in [6.07, 6.45) is 1.13. The fourth-order valence-corrected chi connectivity index (χ4v) is 2.04. The van der Waals surface area contributed by atoms with E-state index in [1.54, 1.807) is 0 Å². The fraction of sp³-hybridized carbons (Fsp3) is 0.625. The Balaban J connectivity index is 2.75. The van der Waals surface area contributed by atoms with Crippen molar-refractivity contribution in [3.05, 3.63) is 23.8 Å². The van der Waals surface area contributed by atoms with Gasteiger partial charge in [0.1, 0.15) is 0 Å². The van der Waals surface area contributed by atoms with E-state index in [0.29, 0.717) is 19.1 Å². The molecular weight excluding hydrogens is 238 g/mol. The SMILES string of the molecule is CCNCCC(C)c1ccc(OCC)c(OCC)c1. The Bertz CT molecular complexity index is 366. The second kappa shape index (κ2) is 8.81. The predicted molar refractivity (Wildman–Crippen MR) is 80.4 cm³/mol. The van der Waals surface area contributed by atoms with Crippen LogP contribution >= 0.6 is 0 Å². The first-order valence-electron chi connectivity index (χ1n) is 7.33. The maximum absolute atomic E-state index is 5.67. The molecule has 0 saturated heterocycles. The van der Waals surface area contributed by atoms with Gasteiger partial charge in [0.25, 0.3) is 0 Å². The highest BCUT2D eigenvalue weighted by molar-refractivity contribution is 5.44. The third kappa shape index (κ3) is 5.11. The van der Waals surface area contributed by atoms with Crippen molar-refractivity contribution < 1.29 is 9.47 Å². The minimum Gasteiger partial charge on any atom is -0.490 e. The summed E-state index contributed by atoms with van der Waals surface area (Å²) in [4.78, 5) is 0. The van der Waals surface area contributed by atoms with Gasteiger partial charge < -0.3 is 14.8 Å². The van der Waals surface area contributed by atoms with Crippen molar-refractivity contribution >= 4 is 0 Å². The summed E-state index contributed by atoms with van der Waals surface area (Å²) < 4.78 is 11.3. The van der Waals surface area contributed by atoms with Crippen LogP contribution in [0.1, 0.15) is 45.6 Å². The number of ether oxygens (including phenoxy) is 2. The van der Waals surface area contributed by atoms with Crippen LogP contribution in [0.4, 0.5) is 0 Å². The van der Waals surface area contributed by atoms with Crippen molar-refractivity contribution in [2.45, 2.75) is 40.0 Å². The zero-order valence-corrected chi connectivity index (χ0v) is 12.7. The van der Waals surface area contributed by atoms with E-state index < -0.39 is 0 Å². The molecule has 108 valence electrons. The molecule has 1 N–H and O–H groups in total. The molecule has 0 saturated carbocycles. The second-order valence-corrected chi connectivity index (χ2v) is 4.62. The van der Waals surface area contributed by atoms with Gasteiger partial charge in [0.2, 0.25) is 0 Å². The maximum atomic E-state index is 5.67. The first-order chi connectivity index (χ1) is 9.22. The number of rotatable bonds is 9. The minimum absolute atomic E-state index is 0.522. The van der Waals surface area contributed by atoms with E-state index in [0.717, 1.165) is 31.0 Å². The van der Waals surface area contributed by atoms with Crippen molar-refractivity contribution in [1.29, 1.82) is 0 Å². The van der Waals surface area contributed by atoms with Crippen LogP contribution in [0.5, 0.6) is 11.5 Å². The van der Waals surface area contributed by atoms with Crippen LogP contribution in [0.25, 0.3) is 0 Å². The molecule has 0 aromatic heterocycles. The smallest absolute Gasteiger partial charge is 0.161 e. The number of hydrogen-bond acceptors (Lipinski definition) is 3. The lowest BCUT2D eigenvalue weighted by atomic mass is 9.97. The monoisotopic (exact) mass is 265 g/mol. The largest absolute Gasteiger partial charge is 0.490 e. The van der Waals surface area contributed by atoms with Crippen molar-refractivity contribution in [2.75, 3.05) is 26.3 Å². The zero-order chi connectivity index (χ0) is 14.1. The van der Waals surface area contributed by atoms with E-state index in [-0.39, 0.29) is 0 Å². The van der Waals surface area contributed by atoms with Crippen molar-refractivity contribution in [3.8, 4) is 11.5 Å². The molecule has 0 aliphatic carbocycles. The Morgan fingerprint density at radius 1 is 1.05 bits per heavy atom. The summed E-state index contributed by atoms with van der Waals surface area (Å²) in [5.41, 5.74) is 1.31. The van der Waals surface area contributed by atoms with Crippen LogP contribution in [-0.4, -0.2) is 26.3 Å². The quantitative estimate of drug-likeness (QED) is 0.692. The molecule has 0 radical (unpaired) electrons. The van der Waals surface area contributed by atoms with E-state index >= 15 is 0 Å². The summed E-state index contributed by atoms with van der Waals surface area (Å²) in [6, 6.07) is 6.28. The zero-order valence-electron chi connectivity index (χ0n) is 12.7. The summed E-state index contributed by atoms with van der Waals surface area (Å²) in [5, 5.41) is 3.36. The summed E-state index contributed by atoms with van der Waals surface area (Å²) in [5.74, 6) is 2.22. The molecule has 0 bridgehead atoms. The Morgan fingerprint density at radius 3 is 2.37 bits per heavy atom. The Kier molecular flexibility index (Phi) is 7.34. The van der Waals surface area contributed by atoms with Gasteiger partial charge in [0.15, 0.2) is 11.5 Å². The first kappa shape index (κ1) is 15.8. The van der Waals surface area contributed by atoms with Crippen molar-refractivity contribution in [2.24, 2.45) is 0 Å². The van der Waals surface area contributed by atoms with Gasteiger partial charge in [-0.2, -0.15) is 0 Å². The molecule has 0 heterocycles. The molecule has 1 aromatic rings. The molecule has 19 heavy (non-hydrogen) atoms. The van der Waals surface area contributed by atoms with Crippen LogP contribution in [0.15, 0.2) is 18.2 Å². The highest BCUT2D eigenvalue weighted by Gasteiger charge is 2.10. The molecule has 1 aromatic carbocycles. The van der Waals surface area contributed by atoms with E-state index in [2.05, 4.69) is 31.3 Å². The molecule has 1 atom stereocenters. The number of nitrogens with one attached hydrogen (secondary N) is 1. The first-order valence-corrected chi connectivity index (χ1v) is 7.33. The summed E-state index contributed by atoms with van der Waals surface area (Å²) in [6.45, 7) is 11.8. The maximum Gasteiger partial charge on any atom is 0.161 e. The second-order valence-electron chi connectivity index (χ2n) is 4.62. The Morgan fingerprint density at radius 2 is 1.74 bits per heavy atom. The lowest BCUT2D eigenvalue weighted by molar-refractivity contribution is 0.287. The fourth-order valence-electron chi connectivity index (χ4n) is 2.04. The van der Waals surface area contributed by atoms with Crippen LogP contribution in [0, 0.1) is 0 Å². The van der Waals surface area contributed by atoms with Crippen molar-refractivity contribution in [1.82, 2.24) is 5.32 Å². The predicted octanol–water partition coefficient (Wildman–Crippen LogP) is 3.59. The van der Waals surface area contributed by atoms with E-state index in [1.807, 2.05) is 19.9 Å². The standard InChI is InChI=1S/C16H27NO2/c1-5-17-11-10-13(4)14-8-9-15(18-6-2)16(12-14)19-7-3/h8-9,12-13,17H,5-7,10-11H2,1-4H3. The van der Waals surface area contributed by atoms with Crippen LogP contribution < -0.4 is 14.8 Å². The minimum atomic E-state index is 0.522. The summed E-state index contributed by atoms with van der Waals surface area (Å²) >= 11 is 0. The van der Waals surface area contributed by atoms with Gasteiger partial charge in [-0.25, -0.2) is 0 Å². The molecular formula is C16H27NO2. The molecule has 3 heteroatoms. The third-order valence-electron chi connectivity index (χ3n) is 3.14. The van der Waals surface area contributed by atoms with Crippen LogP contribution in [0.3, 0.4) is 0 Å². The third-order valence-corrected chi connectivity index (χ3v) is 3.14. The lowest BCUT2D eigenvalue weighted by Crippen LogP contribution is -2.16. The molecule has 0 aliphatic heterocycles. The average molecular weight is 265 g/mol. The van der Waals surface area contributed by atoms with Gasteiger partial charge in [0.05, 0.1) is 13.2 Å². The van der Waals surface area contributed by atoms with Gasteiger partial charge in [-0.3, -0.25) is 0 Å². The van der Waals surface area contributed by atoms with Crippen LogP contribution in [0.2, 0.25) is 0 Å². The van der Waals surface area contributed by atoms with Gasteiger partial charge >= 0.3 is 0 Å². The topological polar surface area (TPSA) is 30.5 Å². The molecule has 0 fully saturated rings. The Hall–Kier alpha value is -1.22. The molecule has 1 rings (SSSR count). The lowest BCUT2D eigenvalue weighted by Gasteiger charge is -2.16. The Labute approximate surface area is 117 Å². The molecule has 0 aliphatic rings. The average Bonchev–Trinajstić information content (AvgIpc) is 2.41. The van der Waals surface area contributed by atoms with E-state index in [4.69, 9.17) is 9.47 Å². The summed E-state index contributed by atoms with van der Waals surface area (Å²) in [7, 11) is 0. The normalized spacial score (nSPS) is 12.2. The molecule has 1 unspecified atom stereocenters. The van der Waals surface area contributed by atoms with Gasteiger partial charge in [-0.05, 0) is 57.0 Å². The van der Waals surface area contributed by atoms with E-state index in [1.165, 1.54) is 5.56 Å². The highest BCUT2D eigenvalue weighted by atomic mass is 16.5. The van der Waals surface area contributed by atoms with Crippen LogP contribution in [-0.2, 0) is 0 Å². The highest BCUT2D eigenvalue weighted by Crippen LogP contribution is 2.32. The van der Waals surface area contributed by atoms with Crippen molar-refractivity contribution in [3.63, 3.8) is 0 Å². The van der Waals surface area contributed by atoms with Gasteiger partial charge in [0, 0.05) is 0 Å². The van der Waals surface area contributed by atoms with Gasteiger partial charge in [-0.15, -0.1) is 0 Å². The molecule has 0 amide bonds. The number of hydrogen-bond donors (Lipinski definition) is 1.